The highest BCUT2D eigenvalue weighted by Gasteiger charge is 2.34. The molecule has 3 rings (SSSR count). The van der Waals surface area contributed by atoms with Gasteiger partial charge in [0.25, 0.3) is 0 Å². The van der Waals surface area contributed by atoms with Crippen molar-refractivity contribution in [3.63, 3.8) is 0 Å². The predicted molar refractivity (Wildman–Crippen MR) is 83.0 cm³/mol. The molecule has 2 aliphatic heterocycles. The Bertz CT molecular complexity index is 463. The van der Waals surface area contributed by atoms with Crippen LogP contribution in [0.25, 0.3) is 0 Å². The van der Waals surface area contributed by atoms with E-state index in [1.165, 1.54) is 38.0 Å². The fourth-order valence-corrected chi connectivity index (χ4v) is 3.80. The van der Waals surface area contributed by atoms with E-state index in [-0.39, 0.29) is 0 Å². The molecule has 4 heteroatoms. The third-order valence-corrected chi connectivity index (χ3v) is 5.20. The number of hydrogen-bond donors (Lipinski definition) is 1. The van der Waals surface area contributed by atoms with Gasteiger partial charge in [-0.05, 0) is 59.9 Å². The fraction of sp³-hybridized carbons (Fsp3) is 0.600. The highest BCUT2D eigenvalue weighted by molar-refractivity contribution is 9.10. The Labute approximate surface area is 123 Å². The van der Waals surface area contributed by atoms with Crippen molar-refractivity contribution in [2.75, 3.05) is 25.4 Å². The molecule has 2 heterocycles. The lowest BCUT2D eigenvalue weighted by Crippen LogP contribution is -2.54. The Balaban J connectivity index is 1.70. The lowest BCUT2D eigenvalue weighted by molar-refractivity contribution is 0.0540. The second-order valence-electron chi connectivity index (χ2n) is 5.93. The molecular formula is C15H22BrN3. The van der Waals surface area contributed by atoms with Crippen LogP contribution in [0.5, 0.6) is 0 Å². The van der Waals surface area contributed by atoms with Crippen molar-refractivity contribution in [1.29, 1.82) is 0 Å². The van der Waals surface area contributed by atoms with Crippen LogP contribution in [0, 0.1) is 0 Å². The average Bonchev–Trinajstić information content (AvgIpc) is 2.81. The van der Waals surface area contributed by atoms with Crippen LogP contribution in [0.1, 0.15) is 25.3 Å². The van der Waals surface area contributed by atoms with Crippen molar-refractivity contribution in [2.45, 2.75) is 38.4 Å². The normalized spacial score (nSPS) is 28.5. The minimum Gasteiger partial charge on any atom is -0.398 e. The maximum Gasteiger partial charge on any atom is 0.0458 e. The number of anilines is 1. The smallest absolute Gasteiger partial charge is 0.0458 e. The standard InChI is InChI=1S/C15H22BrN3/c1-11-8-18-6-2-3-13(18)10-19(11)9-12-4-5-15(17)14(16)7-12/h4-5,7,11,13H,2-3,6,8-10,17H2,1H3. The summed E-state index contributed by atoms with van der Waals surface area (Å²) in [7, 11) is 0. The van der Waals surface area contributed by atoms with Crippen molar-refractivity contribution < 1.29 is 0 Å². The van der Waals surface area contributed by atoms with Gasteiger partial charge in [-0.15, -0.1) is 0 Å². The molecule has 2 fully saturated rings. The van der Waals surface area contributed by atoms with E-state index in [4.69, 9.17) is 5.73 Å². The van der Waals surface area contributed by atoms with Gasteiger partial charge >= 0.3 is 0 Å². The van der Waals surface area contributed by atoms with Gasteiger partial charge in [-0.25, -0.2) is 0 Å². The third-order valence-electron chi connectivity index (χ3n) is 4.52. The lowest BCUT2D eigenvalue weighted by atomic mass is 10.1. The summed E-state index contributed by atoms with van der Waals surface area (Å²) in [6.07, 6.45) is 2.74. The lowest BCUT2D eigenvalue weighted by Gasteiger charge is -2.42. The first-order valence-corrected chi connectivity index (χ1v) is 7.95. The van der Waals surface area contributed by atoms with Gasteiger partial charge in [0.1, 0.15) is 0 Å². The van der Waals surface area contributed by atoms with Crippen LogP contribution in [0.3, 0.4) is 0 Å². The van der Waals surface area contributed by atoms with Crippen molar-refractivity contribution in [3.8, 4) is 0 Å². The molecule has 19 heavy (non-hydrogen) atoms. The number of nitrogen functional groups attached to an aromatic ring is 1. The molecule has 104 valence electrons. The number of nitrogens with two attached hydrogens (primary N) is 1. The largest absolute Gasteiger partial charge is 0.398 e. The molecule has 0 aliphatic carbocycles. The highest BCUT2D eigenvalue weighted by Crippen LogP contribution is 2.27. The van der Waals surface area contributed by atoms with E-state index in [9.17, 15) is 0 Å². The van der Waals surface area contributed by atoms with Gasteiger partial charge < -0.3 is 5.73 Å². The number of hydrogen-bond acceptors (Lipinski definition) is 3. The Hall–Kier alpha value is -0.580. The summed E-state index contributed by atoms with van der Waals surface area (Å²) in [5.74, 6) is 0. The molecule has 0 radical (unpaired) electrons. The molecule has 3 nitrogen and oxygen atoms in total. The van der Waals surface area contributed by atoms with Crippen LogP contribution >= 0.6 is 15.9 Å². The molecule has 0 spiro atoms. The molecule has 2 saturated heterocycles. The van der Waals surface area contributed by atoms with Crippen LogP contribution < -0.4 is 5.73 Å². The molecule has 0 amide bonds. The zero-order valence-electron chi connectivity index (χ0n) is 11.5. The fourth-order valence-electron chi connectivity index (χ4n) is 3.37. The molecule has 1 aromatic rings. The SMILES string of the molecule is CC1CN2CCCC2CN1Cc1ccc(N)c(Br)c1. The van der Waals surface area contributed by atoms with Gasteiger partial charge in [-0.1, -0.05) is 6.07 Å². The van der Waals surface area contributed by atoms with Crippen molar-refractivity contribution in [1.82, 2.24) is 9.80 Å². The van der Waals surface area contributed by atoms with Gasteiger partial charge in [0.05, 0.1) is 0 Å². The molecule has 2 unspecified atom stereocenters. The first-order valence-electron chi connectivity index (χ1n) is 7.15. The second kappa shape index (κ2) is 5.43. The molecule has 0 bridgehead atoms. The summed E-state index contributed by atoms with van der Waals surface area (Å²) in [6, 6.07) is 7.73. The van der Waals surface area contributed by atoms with Crippen LogP contribution in [-0.4, -0.2) is 41.5 Å². The van der Waals surface area contributed by atoms with E-state index in [2.05, 4.69) is 44.8 Å². The summed E-state index contributed by atoms with van der Waals surface area (Å²) in [5, 5.41) is 0. The Morgan fingerprint density at radius 3 is 3.00 bits per heavy atom. The van der Waals surface area contributed by atoms with Crippen LogP contribution in [0.2, 0.25) is 0 Å². The van der Waals surface area contributed by atoms with E-state index >= 15 is 0 Å². The minimum atomic E-state index is 0.644. The summed E-state index contributed by atoms with van der Waals surface area (Å²) in [6.45, 7) is 7.12. The van der Waals surface area contributed by atoms with Gasteiger partial charge in [0.15, 0.2) is 0 Å². The Morgan fingerprint density at radius 2 is 2.21 bits per heavy atom. The first kappa shape index (κ1) is 13.4. The van der Waals surface area contributed by atoms with Crippen LogP contribution in [0.15, 0.2) is 22.7 Å². The van der Waals surface area contributed by atoms with Crippen molar-refractivity contribution >= 4 is 21.6 Å². The number of nitrogens with zero attached hydrogens (tertiary/aromatic N) is 2. The first-order chi connectivity index (χ1) is 9.13. The van der Waals surface area contributed by atoms with Crippen molar-refractivity contribution in [3.05, 3.63) is 28.2 Å². The average molecular weight is 324 g/mol. The molecular weight excluding hydrogens is 302 g/mol. The second-order valence-corrected chi connectivity index (χ2v) is 6.78. The molecule has 0 saturated carbocycles. The van der Waals surface area contributed by atoms with Gasteiger partial charge in [0, 0.05) is 41.9 Å². The highest BCUT2D eigenvalue weighted by atomic mass is 79.9. The number of fused-ring (bicyclic) bond motifs is 1. The van der Waals surface area contributed by atoms with E-state index in [0.29, 0.717) is 6.04 Å². The number of rotatable bonds is 2. The minimum absolute atomic E-state index is 0.644. The van der Waals surface area contributed by atoms with Crippen LogP contribution in [0.4, 0.5) is 5.69 Å². The maximum absolute atomic E-state index is 5.85. The summed E-state index contributed by atoms with van der Waals surface area (Å²) < 4.78 is 1.01. The summed E-state index contributed by atoms with van der Waals surface area (Å²) in [5.41, 5.74) is 8.02. The molecule has 2 aliphatic rings. The zero-order valence-corrected chi connectivity index (χ0v) is 13.1. The molecule has 2 N–H and O–H groups in total. The van der Waals surface area contributed by atoms with Gasteiger partial charge in [-0.3, -0.25) is 9.80 Å². The molecule has 1 aromatic carbocycles. The number of benzene rings is 1. The topological polar surface area (TPSA) is 32.5 Å². The predicted octanol–water partition coefficient (Wildman–Crippen LogP) is 2.70. The maximum atomic E-state index is 5.85. The van der Waals surface area contributed by atoms with Gasteiger partial charge in [0.2, 0.25) is 0 Å². The third kappa shape index (κ3) is 2.81. The zero-order chi connectivity index (χ0) is 13.4. The Morgan fingerprint density at radius 1 is 1.37 bits per heavy atom. The quantitative estimate of drug-likeness (QED) is 0.849. The van der Waals surface area contributed by atoms with E-state index in [1.807, 2.05) is 6.07 Å². The summed E-state index contributed by atoms with van der Waals surface area (Å²) in [4.78, 5) is 5.28. The Kier molecular flexibility index (Phi) is 3.83. The monoisotopic (exact) mass is 323 g/mol. The van der Waals surface area contributed by atoms with Gasteiger partial charge in [-0.2, -0.15) is 0 Å². The van der Waals surface area contributed by atoms with Crippen LogP contribution in [-0.2, 0) is 6.54 Å². The van der Waals surface area contributed by atoms with E-state index < -0.39 is 0 Å². The number of piperazine rings is 1. The van der Waals surface area contributed by atoms with E-state index in [1.54, 1.807) is 0 Å². The van der Waals surface area contributed by atoms with Crippen molar-refractivity contribution in [2.24, 2.45) is 0 Å². The van der Waals surface area contributed by atoms with E-state index in [0.717, 1.165) is 22.7 Å². The summed E-state index contributed by atoms with van der Waals surface area (Å²) >= 11 is 3.52. The molecule has 0 aromatic heterocycles. The molecule has 2 atom stereocenters. The number of halogens is 1.